The number of halogens is 1. The Morgan fingerprint density at radius 1 is 1.33 bits per heavy atom. The summed E-state index contributed by atoms with van der Waals surface area (Å²) in [5, 5.41) is 1.65. The Kier molecular flexibility index (Phi) is 8.56. The molecular formula is C17H24ClN3O4S2. The highest BCUT2D eigenvalue weighted by Gasteiger charge is 2.12. The van der Waals surface area contributed by atoms with E-state index in [1.54, 1.807) is 22.8 Å². The summed E-state index contributed by atoms with van der Waals surface area (Å²) in [5.74, 6) is 0.631. The third-order valence-electron chi connectivity index (χ3n) is 3.67. The van der Waals surface area contributed by atoms with E-state index in [4.69, 9.17) is 16.3 Å². The van der Waals surface area contributed by atoms with Gasteiger partial charge in [-0.2, -0.15) is 0 Å². The zero-order valence-corrected chi connectivity index (χ0v) is 17.8. The van der Waals surface area contributed by atoms with Crippen molar-refractivity contribution in [3.8, 4) is 0 Å². The fraction of sp³-hybridized carbons (Fsp3) is 0.529. The van der Waals surface area contributed by atoms with Crippen LogP contribution in [-0.2, 0) is 21.3 Å². The van der Waals surface area contributed by atoms with E-state index >= 15 is 0 Å². The molecule has 0 aliphatic rings. The summed E-state index contributed by atoms with van der Waals surface area (Å²) in [6.07, 6.45) is 2.46. The minimum Gasteiger partial charge on any atom is -0.382 e. The summed E-state index contributed by atoms with van der Waals surface area (Å²) in [7, 11) is -3.19. The number of rotatable bonds is 11. The number of ether oxygens (including phenoxy) is 1. The molecule has 0 radical (unpaired) electrons. The van der Waals surface area contributed by atoms with Crippen LogP contribution in [0.2, 0.25) is 5.02 Å². The molecule has 0 aliphatic heterocycles. The molecule has 1 aromatic heterocycles. The van der Waals surface area contributed by atoms with E-state index in [-0.39, 0.29) is 5.56 Å². The average molecular weight is 434 g/mol. The van der Waals surface area contributed by atoms with Gasteiger partial charge in [-0.25, -0.2) is 18.1 Å². The fourth-order valence-electron chi connectivity index (χ4n) is 2.44. The lowest BCUT2D eigenvalue weighted by Crippen LogP contribution is -2.25. The molecule has 2 aromatic rings. The van der Waals surface area contributed by atoms with Crippen LogP contribution in [0.4, 0.5) is 0 Å². The van der Waals surface area contributed by atoms with Crippen LogP contribution in [0.3, 0.4) is 0 Å². The van der Waals surface area contributed by atoms with Crippen molar-refractivity contribution in [2.24, 2.45) is 0 Å². The molecule has 0 bridgehead atoms. The molecule has 0 amide bonds. The largest absolute Gasteiger partial charge is 0.382 e. The molecule has 27 heavy (non-hydrogen) atoms. The molecule has 1 heterocycles. The lowest BCUT2D eigenvalue weighted by molar-refractivity contribution is 0.140. The van der Waals surface area contributed by atoms with Crippen molar-refractivity contribution in [3.63, 3.8) is 0 Å². The van der Waals surface area contributed by atoms with Gasteiger partial charge in [-0.1, -0.05) is 23.4 Å². The molecule has 0 saturated heterocycles. The van der Waals surface area contributed by atoms with Crippen molar-refractivity contribution in [2.45, 2.75) is 31.5 Å². The van der Waals surface area contributed by atoms with Gasteiger partial charge in [0.2, 0.25) is 10.0 Å². The maximum absolute atomic E-state index is 12.9. The second-order valence-corrected chi connectivity index (χ2v) is 9.26. The van der Waals surface area contributed by atoms with Gasteiger partial charge in [0.15, 0.2) is 5.16 Å². The minimum atomic E-state index is -3.19. The van der Waals surface area contributed by atoms with Crippen molar-refractivity contribution >= 4 is 44.3 Å². The first kappa shape index (κ1) is 22.2. The topological polar surface area (TPSA) is 90.3 Å². The smallest absolute Gasteiger partial charge is 0.262 e. The van der Waals surface area contributed by atoms with E-state index in [1.165, 1.54) is 11.8 Å². The predicted octanol–water partition coefficient (Wildman–Crippen LogP) is 2.51. The Hall–Kier alpha value is -1.13. The van der Waals surface area contributed by atoms with Gasteiger partial charge < -0.3 is 4.74 Å². The van der Waals surface area contributed by atoms with Gasteiger partial charge in [-0.3, -0.25) is 9.36 Å². The van der Waals surface area contributed by atoms with Gasteiger partial charge in [0.25, 0.3) is 5.56 Å². The molecule has 2 rings (SSSR count). The third-order valence-corrected chi connectivity index (χ3v) is 5.70. The monoisotopic (exact) mass is 433 g/mol. The number of nitrogens with one attached hydrogen (secondary N) is 1. The lowest BCUT2D eigenvalue weighted by atomic mass is 10.2. The van der Waals surface area contributed by atoms with Gasteiger partial charge >= 0.3 is 0 Å². The van der Waals surface area contributed by atoms with E-state index < -0.39 is 10.0 Å². The van der Waals surface area contributed by atoms with E-state index in [2.05, 4.69) is 9.71 Å². The van der Waals surface area contributed by atoms with Crippen molar-refractivity contribution in [1.82, 2.24) is 14.3 Å². The summed E-state index contributed by atoms with van der Waals surface area (Å²) >= 11 is 7.46. The van der Waals surface area contributed by atoms with E-state index in [0.29, 0.717) is 66.0 Å². The Balaban J connectivity index is 2.18. The molecule has 0 atom stereocenters. The number of thioether (sulfide) groups is 1. The molecule has 0 fully saturated rings. The molecule has 0 spiro atoms. The number of aromatic nitrogens is 2. The zero-order valence-electron chi connectivity index (χ0n) is 15.4. The molecule has 7 nitrogen and oxygen atoms in total. The SMILES string of the molecule is CCOCCCn1c(SCCCNS(C)(=O)=O)nc2cc(Cl)ccc2c1=O. The number of hydrogen-bond acceptors (Lipinski definition) is 6. The summed E-state index contributed by atoms with van der Waals surface area (Å²) in [4.78, 5) is 17.5. The zero-order chi connectivity index (χ0) is 19.9. The predicted molar refractivity (Wildman–Crippen MR) is 110 cm³/mol. The van der Waals surface area contributed by atoms with E-state index in [1.807, 2.05) is 6.92 Å². The summed E-state index contributed by atoms with van der Waals surface area (Å²) < 4.78 is 31.7. The van der Waals surface area contributed by atoms with Gasteiger partial charge in [0.1, 0.15) is 0 Å². The van der Waals surface area contributed by atoms with Crippen molar-refractivity contribution < 1.29 is 13.2 Å². The summed E-state index contributed by atoms with van der Waals surface area (Å²) in [5.41, 5.74) is 0.454. The van der Waals surface area contributed by atoms with Gasteiger partial charge in [-0.15, -0.1) is 0 Å². The molecule has 0 saturated carbocycles. The maximum atomic E-state index is 12.9. The van der Waals surface area contributed by atoms with Crippen LogP contribution in [0.1, 0.15) is 19.8 Å². The van der Waals surface area contributed by atoms with Crippen LogP contribution in [0.25, 0.3) is 10.9 Å². The summed E-state index contributed by atoms with van der Waals surface area (Å²) in [6.45, 7) is 4.00. The minimum absolute atomic E-state index is 0.107. The Bertz CT molecular complexity index is 932. The average Bonchev–Trinajstić information content (AvgIpc) is 2.59. The Morgan fingerprint density at radius 3 is 2.81 bits per heavy atom. The maximum Gasteiger partial charge on any atom is 0.262 e. The molecule has 0 unspecified atom stereocenters. The quantitative estimate of drug-likeness (QED) is 0.332. The summed E-state index contributed by atoms with van der Waals surface area (Å²) in [6, 6.07) is 5.05. The highest BCUT2D eigenvalue weighted by molar-refractivity contribution is 7.99. The first-order chi connectivity index (χ1) is 12.8. The van der Waals surface area contributed by atoms with Crippen molar-refractivity contribution in [3.05, 3.63) is 33.6 Å². The third kappa shape index (κ3) is 7.08. The second-order valence-electron chi connectivity index (χ2n) is 5.93. The molecule has 1 aromatic carbocycles. The Labute approximate surface area is 168 Å². The number of sulfonamides is 1. The molecule has 1 N–H and O–H groups in total. The highest BCUT2D eigenvalue weighted by atomic mass is 35.5. The second kappa shape index (κ2) is 10.4. The van der Waals surface area contributed by atoms with Crippen LogP contribution in [0, 0.1) is 0 Å². The molecule has 10 heteroatoms. The first-order valence-electron chi connectivity index (χ1n) is 8.67. The van der Waals surface area contributed by atoms with Crippen LogP contribution in [0.15, 0.2) is 28.2 Å². The van der Waals surface area contributed by atoms with Crippen molar-refractivity contribution in [2.75, 3.05) is 31.8 Å². The number of fused-ring (bicyclic) bond motifs is 1. The van der Waals surface area contributed by atoms with Crippen molar-refractivity contribution in [1.29, 1.82) is 0 Å². The van der Waals surface area contributed by atoms with E-state index in [9.17, 15) is 13.2 Å². The number of nitrogens with zero attached hydrogens (tertiary/aromatic N) is 2. The van der Waals surface area contributed by atoms with Gasteiger partial charge in [-0.05, 0) is 38.0 Å². The van der Waals surface area contributed by atoms with Gasteiger partial charge in [0.05, 0.1) is 17.2 Å². The van der Waals surface area contributed by atoms with Gasteiger partial charge in [0, 0.05) is 37.1 Å². The van der Waals surface area contributed by atoms with Crippen LogP contribution >= 0.6 is 23.4 Å². The molecule has 150 valence electrons. The fourth-order valence-corrected chi connectivity index (χ4v) is 4.09. The van der Waals surface area contributed by atoms with Crippen LogP contribution in [-0.4, -0.2) is 49.7 Å². The normalized spacial score (nSPS) is 12.0. The Morgan fingerprint density at radius 2 is 2.11 bits per heavy atom. The number of benzene rings is 1. The number of hydrogen-bond donors (Lipinski definition) is 1. The van der Waals surface area contributed by atoms with Crippen LogP contribution < -0.4 is 10.3 Å². The van der Waals surface area contributed by atoms with E-state index in [0.717, 1.165) is 6.26 Å². The standard InChI is InChI=1S/C17H24ClN3O4S2/c1-3-25-10-5-9-21-16(22)14-7-6-13(18)12-15(14)20-17(21)26-11-4-8-19-27(2,23)24/h6-7,12,19H,3-5,8-11H2,1-2H3. The highest BCUT2D eigenvalue weighted by Crippen LogP contribution is 2.21. The first-order valence-corrected chi connectivity index (χ1v) is 11.9. The molecular weight excluding hydrogens is 410 g/mol. The molecule has 0 aliphatic carbocycles. The lowest BCUT2D eigenvalue weighted by Gasteiger charge is -2.13. The van der Waals surface area contributed by atoms with Crippen LogP contribution in [0.5, 0.6) is 0 Å².